The molecule has 114 valence electrons. The highest BCUT2D eigenvalue weighted by Gasteiger charge is 2.49. The number of hydrogen-bond donors (Lipinski definition) is 1. The Hall–Kier alpha value is -1.07. The summed E-state index contributed by atoms with van der Waals surface area (Å²) < 4.78 is 15.6. The van der Waals surface area contributed by atoms with Gasteiger partial charge in [0, 0.05) is 7.11 Å². The Bertz CT molecular complexity index is 372. The maximum Gasteiger partial charge on any atom is 0.335 e. The van der Waals surface area contributed by atoms with Crippen molar-refractivity contribution in [2.45, 2.75) is 57.2 Å². The molecule has 0 amide bonds. The first-order valence-corrected chi connectivity index (χ1v) is 7.38. The molecule has 0 unspecified atom stereocenters. The van der Waals surface area contributed by atoms with Gasteiger partial charge in [-0.05, 0) is 25.2 Å². The number of cyclic esters (lactones) is 1. The number of hydrogen-bond acceptors (Lipinski definition) is 5. The molecule has 1 heterocycles. The fraction of sp³-hybridized carbons (Fsp3) is 0.800. The van der Waals surface area contributed by atoms with Gasteiger partial charge in [0.05, 0.1) is 6.08 Å². The number of ether oxygens (including phenoxy) is 3. The van der Waals surface area contributed by atoms with E-state index in [1.165, 1.54) is 19.6 Å². The van der Waals surface area contributed by atoms with E-state index >= 15 is 0 Å². The van der Waals surface area contributed by atoms with Crippen molar-refractivity contribution in [3.63, 3.8) is 0 Å². The minimum atomic E-state index is -1.05. The van der Waals surface area contributed by atoms with Crippen LogP contribution in [0, 0.1) is 5.92 Å². The van der Waals surface area contributed by atoms with Gasteiger partial charge in [0.1, 0.15) is 5.60 Å². The summed E-state index contributed by atoms with van der Waals surface area (Å²) in [6.07, 6.45) is 6.52. The lowest BCUT2D eigenvalue weighted by molar-refractivity contribution is -0.167. The van der Waals surface area contributed by atoms with Gasteiger partial charge in [0.25, 0.3) is 0 Å². The summed E-state index contributed by atoms with van der Waals surface area (Å²) in [5.74, 6) is 0.0715. The maximum absolute atomic E-state index is 11.5. The summed E-state index contributed by atoms with van der Waals surface area (Å²) in [4.78, 5) is 11.5. The smallest absolute Gasteiger partial charge is 0.335 e. The van der Waals surface area contributed by atoms with Crippen molar-refractivity contribution in [1.29, 1.82) is 0 Å². The topological polar surface area (TPSA) is 65.0 Å². The Labute approximate surface area is 119 Å². The van der Waals surface area contributed by atoms with Gasteiger partial charge >= 0.3 is 5.97 Å². The van der Waals surface area contributed by atoms with Crippen molar-refractivity contribution < 1.29 is 24.1 Å². The Balaban J connectivity index is 2.16. The first-order valence-electron chi connectivity index (χ1n) is 7.38. The first-order chi connectivity index (χ1) is 9.61. The van der Waals surface area contributed by atoms with Gasteiger partial charge in [-0.3, -0.25) is 0 Å². The van der Waals surface area contributed by atoms with Crippen LogP contribution in [0.4, 0.5) is 0 Å². The van der Waals surface area contributed by atoms with Crippen LogP contribution in [0.3, 0.4) is 0 Å². The van der Waals surface area contributed by atoms with Gasteiger partial charge in [0.2, 0.25) is 0 Å². The second-order valence-electron chi connectivity index (χ2n) is 5.59. The number of rotatable bonds is 6. The minimum Gasteiger partial charge on any atom is -0.468 e. The Morgan fingerprint density at radius 1 is 1.40 bits per heavy atom. The molecule has 0 aromatic carbocycles. The average molecular weight is 284 g/mol. The third kappa shape index (κ3) is 2.99. The first kappa shape index (κ1) is 15.3. The van der Waals surface area contributed by atoms with Gasteiger partial charge in [-0.1, -0.05) is 26.2 Å². The molecule has 0 aromatic heterocycles. The van der Waals surface area contributed by atoms with Gasteiger partial charge < -0.3 is 19.3 Å². The number of carbonyl (C=O) groups excluding carboxylic acids is 1. The van der Waals surface area contributed by atoms with Crippen molar-refractivity contribution >= 4 is 5.97 Å². The molecule has 0 spiro atoms. The van der Waals surface area contributed by atoms with E-state index in [1.807, 2.05) is 6.92 Å². The summed E-state index contributed by atoms with van der Waals surface area (Å²) >= 11 is 0. The molecule has 1 fully saturated rings. The molecule has 1 N–H and O–H groups in total. The number of esters is 1. The van der Waals surface area contributed by atoms with Crippen LogP contribution in [0.15, 0.2) is 11.8 Å². The zero-order valence-corrected chi connectivity index (χ0v) is 12.3. The molecule has 5 heteroatoms. The summed E-state index contributed by atoms with van der Waals surface area (Å²) in [5.41, 5.74) is -1.05. The molecular weight excluding hydrogens is 260 g/mol. The zero-order valence-electron chi connectivity index (χ0n) is 12.3. The summed E-state index contributed by atoms with van der Waals surface area (Å²) in [6.45, 7) is 1.97. The lowest BCUT2D eigenvalue weighted by Crippen LogP contribution is -2.50. The van der Waals surface area contributed by atoms with E-state index in [4.69, 9.17) is 14.2 Å². The maximum atomic E-state index is 11.5. The summed E-state index contributed by atoms with van der Waals surface area (Å²) in [5, 5.41) is 11.1. The molecule has 20 heavy (non-hydrogen) atoms. The third-order valence-electron chi connectivity index (χ3n) is 4.43. The standard InChI is InChI=1S/C15H24O5/c1-3-15(17,11-7-5-4-6-8-11)14-12(19-10-18-2)9-13(16)20-14/h9,11,14,17H,3-8,10H2,1-2H3/t14-,15-/m1/s1. The van der Waals surface area contributed by atoms with E-state index < -0.39 is 17.7 Å². The molecular formula is C15H24O5. The lowest BCUT2D eigenvalue weighted by atomic mass is 9.72. The highest BCUT2D eigenvalue weighted by Crippen LogP contribution is 2.41. The van der Waals surface area contributed by atoms with Crippen molar-refractivity contribution in [3.8, 4) is 0 Å². The molecule has 5 nitrogen and oxygen atoms in total. The molecule has 2 aliphatic rings. The van der Waals surface area contributed by atoms with Crippen molar-refractivity contribution in [2.75, 3.05) is 13.9 Å². The van der Waals surface area contributed by atoms with E-state index in [1.54, 1.807) is 0 Å². The van der Waals surface area contributed by atoms with Crippen LogP contribution in [0.1, 0.15) is 45.4 Å². The second-order valence-corrected chi connectivity index (χ2v) is 5.59. The van der Waals surface area contributed by atoms with Crippen molar-refractivity contribution in [2.24, 2.45) is 5.92 Å². The predicted molar refractivity (Wildman–Crippen MR) is 72.7 cm³/mol. The fourth-order valence-corrected chi connectivity index (χ4v) is 3.28. The summed E-state index contributed by atoms with van der Waals surface area (Å²) in [7, 11) is 1.51. The van der Waals surface area contributed by atoms with E-state index in [0.717, 1.165) is 25.7 Å². The van der Waals surface area contributed by atoms with E-state index in [0.29, 0.717) is 12.2 Å². The molecule has 2 rings (SSSR count). The summed E-state index contributed by atoms with van der Waals surface area (Å²) in [6, 6.07) is 0. The van der Waals surface area contributed by atoms with Crippen LogP contribution in [0.2, 0.25) is 0 Å². The van der Waals surface area contributed by atoms with E-state index in [2.05, 4.69) is 0 Å². The van der Waals surface area contributed by atoms with Crippen LogP contribution in [0.25, 0.3) is 0 Å². The Morgan fingerprint density at radius 2 is 2.10 bits per heavy atom. The minimum absolute atomic E-state index is 0.0451. The van der Waals surface area contributed by atoms with Crippen LogP contribution < -0.4 is 0 Å². The fourth-order valence-electron chi connectivity index (χ4n) is 3.28. The molecule has 2 atom stereocenters. The van der Waals surface area contributed by atoms with Gasteiger partial charge in [-0.25, -0.2) is 4.79 Å². The number of carbonyl (C=O) groups is 1. The second kappa shape index (κ2) is 6.59. The zero-order chi connectivity index (χ0) is 14.6. The van der Waals surface area contributed by atoms with Crippen LogP contribution in [-0.2, 0) is 19.0 Å². The highest BCUT2D eigenvalue weighted by molar-refractivity contribution is 5.85. The van der Waals surface area contributed by atoms with Gasteiger partial charge in [-0.2, -0.15) is 0 Å². The van der Waals surface area contributed by atoms with Crippen molar-refractivity contribution in [1.82, 2.24) is 0 Å². The van der Waals surface area contributed by atoms with Crippen LogP contribution in [0.5, 0.6) is 0 Å². The Morgan fingerprint density at radius 3 is 2.70 bits per heavy atom. The number of aliphatic hydroxyl groups is 1. The van der Waals surface area contributed by atoms with Gasteiger partial charge in [-0.15, -0.1) is 0 Å². The normalized spacial score (nSPS) is 26.9. The Kier molecular flexibility index (Phi) is 5.05. The third-order valence-corrected chi connectivity index (χ3v) is 4.43. The van der Waals surface area contributed by atoms with E-state index in [9.17, 15) is 9.90 Å². The van der Waals surface area contributed by atoms with Crippen molar-refractivity contribution in [3.05, 3.63) is 11.8 Å². The van der Waals surface area contributed by atoms with Crippen LogP contribution >= 0.6 is 0 Å². The predicted octanol–water partition coefficient (Wildman–Crippen LogP) is 2.14. The van der Waals surface area contributed by atoms with Crippen LogP contribution in [-0.4, -0.2) is 36.7 Å². The molecule has 0 radical (unpaired) electrons. The molecule has 0 saturated heterocycles. The quantitative estimate of drug-likeness (QED) is 0.598. The highest BCUT2D eigenvalue weighted by atomic mass is 16.7. The number of methoxy groups -OCH3 is 1. The average Bonchev–Trinajstić information content (AvgIpc) is 2.86. The molecule has 1 saturated carbocycles. The molecule has 0 bridgehead atoms. The van der Waals surface area contributed by atoms with E-state index in [-0.39, 0.29) is 12.7 Å². The molecule has 1 aliphatic heterocycles. The lowest BCUT2D eigenvalue weighted by Gasteiger charge is -2.41. The molecule has 1 aliphatic carbocycles. The van der Waals surface area contributed by atoms with Gasteiger partial charge in [0.15, 0.2) is 18.7 Å². The molecule has 0 aromatic rings. The largest absolute Gasteiger partial charge is 0.468 e. The SMILES string of the molecule is CC[C@@](O)(C1CCCCC1)[C@@H]1OC(=O)C=C1OCOC. The monoisotopic (exact) mass is 284 g/mol.